The van der Waals surface area contributed by atoms with Crippen LogP contribution in [0.2, 0.25) is 0 Å². The van der Waals surface area contributed by atoms with Crippen LogP contribution in [0.5, 0.6) is 40.2 Å². The molecule has 72 heavy (non-hydrogen) atoms. The van der Waals surface area contributed by atoms with Crippen LogP contribution in [0, 0.1) is 13.8 Å². The molecule has 2 saturated heterocycles. The number of carbonyl (C=O) groups excluding carboxylic acids is 4. The maximum atomic E-state index is 15.3. The molecule has 3 aromatic carbocycles. The lowest BCUT2D eigenvalue weighted by atomic mass is 9.73. The highest BCUT2D eigenvalue weighted by Gasteiger charge is 2.62. The van der Waals surface area contributed by atoms with Crippen LogP contribution in [0.25, 0.3) is 0 Å². The number of rotatable bonds is 5. The lowest BCUT2D eigenvalue weighted by molar-refractivity contribution is -0.186. The molecular formula is C52H65N3O16S. The van der Waals surface area contributed by atoms with E-state index in [1.165, 1.54) is 26.0 Å². The van der Waals surface area contributed by atoms with Gasteiger partial charge in [0.2, 0.25) is 6.79 Å². The van der Waals surface area contributed by atoms with E-state index in [4.69, 9.17) is 52.1 Å². The Balaban J connectivity index is 1.28. The molecule has 2 N–H and O–H groups in total. The van der Waals surface area contributed by atoms with Crippen LogP contribution < -0.4 is 38.5 Å². The second-order valence-electron chi connectivity index (χ2n) is 22.0. The molecule has 7 aliphatic heterocycles. The van der Waals surface area contributed by atoms with Crippen LogP contribution >= 0.6 is 11.8 Å². The highest BCUT2D eigenvalue weighted by molar-refractivity contribution is 7.99. The number of aliphatic hydroxyl groups is 1. The molecule has 1 unspecified atom stereocenters. The van der Waals surface area contributed by atoms with Crippen molar-refractivity contribution >= 4 is 36.2 Å². The predicted octanol–water partition coefficient (Wildman–Crippen LogP) is 8.02. The van der Waals surface area contributed by atoms with Crippen molar-refractivity contribution in [3.8, 4) is 40.2 Å². The van der Waals surface area contributed by atoms with Crippen molar-refractivity contribution in [2.75, 3.05) is 47.0 Å². The lowest BCUT2D eigenvalue weighted by Gasteiger charge is -2.62. The molecule has 0 saturated carbocycles. The molecular weight excluding hydrogens is 955 g/mol. The number of fused-ring (bicyclic) bond motifs is 9. The predicted molar refractivity (Wildman–Crippen MR) is 261 cm³/mol. The van der Waals surface area contributed by atoms with E-state index in [0.29, 0.717) is 75.6 Å². The highest BCUT2D eigenvalue weighted by Crippen LogP contribution is 2.65. The van der Waals surface area contributed by atoms with E-state index in [9.17, 15) is 19.5 Å². The van der Waals surface area contributed by atoms with Crippen LogP contribution in [-0.2, 0) is 42.1 Å². The van der Waals surface area contributed by atoms with Crippen LogP contribution in [0.4, 0.5) is 14.4 Å². The number of piperazine rings is 1. The molecule has 2 fully saturated rings. The van der Waals surface area contributed by atoms with Gasteiger partial charge >= 0.3 is 24.4 Å². The number of aryl methyl sites for hydroxylation is 1. The molecule has 7 atom stereocenters. The van der Waals surface area contributed by atoms with E-state index in [1.807, 2.05) is 24.9 Å². The number of nitrogens with one attached hydrogen (secondary N) is 1. The van der Waals surface area contributed by atoms with Gasteiger partial charge in [-0.25, -0.2) is 19.2 Å². The summed E-state index contributed by atoms with van der Waals surface area (Å²) in [5.41, 5.74) is 0.763. The Labute approximate surface area is 423 Å². The summed E-state index contributed by atoms with van der Waals surface area (Å²) in [7, 11) is 4.87. The molecule has 20 heteroatoms. The molecule has 0 amide bonds. The van der Waals surface area contributed by atoms with E-state index in [-0.39, 0.29) is 42.2 Å². The van der Waals surface area contributed by atoms with Gasteiger partial charge in [-0.15, -0.1) is 11.8 Å². The fourth-order valence-electron chi connectivity index (χ4n) is 11.1. The van der Waals surface area contributed by atoms with Crippen molar-refractivity contribution < 1.29 is 76.4 Å². The fraction of sp³-hybridized carbons (Fsp3) is 0.577. The number of ether oxygens (including phenoxy) is 11. The topological polar surface area (TPSA) is 209 Å². The quantitative estimate of drug-likeness (QED) is 0.141. The number of thioether (sulfide) groups is 1. The second kappa shape index (κ2) is 18.4. The number of methoxy groups -OCH3 is 2. The first-order valence-electron chi connectivity index (χ1n) is 24.1. The van der Waals surface area contributed by atoms with Crippen LogP contribution in [0.3, 0.4) is 0 Å². The van der Waals surface area contributed by atoms with Crippen molar-refractivity contribution in [2.45, 2.75) is 147 Å². The van der Waals surface area contributed by atoms with Gasteiger partial charge in [0.05, 0.1) is 37.6 Å². The van der Waals surface area contributed by atoms with Crippen LogP contribution in [-0.4, -0.2) is 121 Å². The zero-order valence-corrected chi connectivity index (χ0v) is 44.1. The normalized spacial score (nSPS) is 25.5. The smallest absolute Gasteiger partial charge is 0.493 e. The summed E-state index contributed by atoms with van der Waals surface area (Å²) in [5.74, 6) is 1.06. The first-order valence-corrected chi connectivity index (χ1v) is 25.1. The Kier molecular flexibility index (Phi) is 13.1. The summed E-state index contributed by atoms with van der Waals surface area (Å²) in [6.45, 7) is 19.2. The first kappa shape index (κ1) is 51.2. The lowest BCUT2D eigenvalue weighted by Crippen LogP contribution is -2.70. The SMILES string of the molecule is COc1cc2c(cc1OC(=O)OC(C)(C)C)CCN[C@]21CS[C@@H]2c3c(OC(=O)OC(C)(C)C)c(C)c4c(c3[C@H](COC1=O)N1C2[C@H]2c3c(cc(C)c(OC)c3OC(=O)OC(C)(C)C)C[C@@H]([C@@H]1O)N2C)OCO4. The third kappa shape index (κ3) is 9.00. The summed E-state index contributed by atoms with van der Waals surface area (Å²) in [5, 5.41) is 15.7. The van der Waals surface area contributed by atoms with Crippen LogP contribution in [0.1, 0.15) is 124 Å². The molecule has 3 aromatic rings. The van der Waals surface area contributed by atoms with E-state index < -0.39 is 82.4 Å². The molecule has 7 heterocycles. The van der Waals surface area contributed by atoms with E-state index in [2.05, 4.69) is 10.2 Å². The molecule has 0 aliphatic carbocycles. The molecule has 0 radical (unpaired) electrons. The number of hydrogen-bond acceptors (Lipinski definition) is 20. The second-order valence-corrected chi connectivity index (χ2v) is 23.1. The Bertz CT molecular complexity index is 2730. The van der Waals surface area contributed by atoms with E-state index in [1.54, 1.807) is 81.4 Å². The average Bonchev–Trinajstić information content (AvgIpc) is 3.76. The van der Waals surface area contributed by atoms with Gasteiger partial charge in [-0.1, -0.05) is 6.07 Å². The largest absolute Gasteiger partial charge is 0.514 e. The summed E-state index contributed by atoms with van der Waals surface area (Å²) < 4.78 is 66.2. The van der Waals surface area contributed by atoms with Crippen molar-refractivity contribution in [3.05, 3.63) is 62.7 Å². The van der Waals surface area contributed by atoms with Gasteiger partial charge in [0.25, 0.3) is 0 Å². The summed E-state index contributed by atoms with van der Waals surface area (Å²) in [6, 6.07) is 2.47. The molecule has 390 valence electrons. The van der Waals surface area contributed by atoms with Gasteiger partial charge in [0, 0.05) is 40.6 Å². The number of likely N-dealkylation sites (N-methyl/N-ethyl adjacent to an activating group) is 1. The standard InChI is InChI=1S/C52H65N3O16S/c1-24-17-27-18-29-44(56)55-30-21-63-45(57)52(28-20-31(61-13)32(19-26(28)15-16-53-52)66-46(58)69-49(3,4)5)22-72-43(35-34(30)41-40(64-23-65-41)25(2)39(35)67-47(59)70-50(6,7)8)37(55)36(54(29)12)33(27)42(38(24)62-14)68-48(60)71-51(9,10)11/h17,19-20,29-30,36-37,43-44,53,56H,15-16,18,21-23H2,1-14H3/t29-,30-,36+,37?,43+,44-,52+/m0/s1. The van der Waals surface area contributed by atoms with Gasteiger partial charge in [0.1, 0.15) is 35.4 Å². The van der Waals surface area contributed by atoms with Crippen molar-refractivity contribution in [1.82, 2.24) is 15.1 Å². The fourth-order valence-corrected chi connectivity index (χ4v) is 12.8. The summed E-state index contributed by atoms with van der Waals surface area (Å²) in [6.07, 6.45) is -3.20. The molecule has 4 bridgehead atoms. The number of hydrogen-bond donors (Lipinski definition) is 2. The minimum Gasteiger partial charge on any atom is -0.493 e. The number of esters is 1. The summed E-state index contributed by atoms with van der Waals surface area (Å²) >= 11 is 1.38. The van der Waals surface area contributed by atoms with Crippen molar-refractivity contribution in [2.24, 2.45) is 0 Å². The minimum atomic E-state index is -1.53. The number of carbonyl (C=O) groups is 4. The van der Waals surface area contributed by atoms with Crippen molar-refractivity contribution in [1.29, 1.82) is 0 Å². The molecule has 7 aliphatic rings. The Morgan fingerprint density at radius 2 is 1.39 bits per heavy atom. The van der Waals surface area contributed by atoms with Gasteiger partial charge in [-0.05, 0) is 130 Å². The molecule has 0 aromatic heterocycles. The van der Waals surface area contributed by atoms with Crippen LogP contribution in [0.15, 0.2) is 18.2 Å². The maximum absolute atomic E-state index is 15.3. The van der Waals surface area contributed by atoms with E-state index >= 15 is 4.79 Å². The van der Waals surface area contributed by atoms with Gasteiger partial charge in [-0.2, -0.15) is 0 Å². The Morgan fingerprint density at radius 1 is 0.764 bits per heavy atom. The third-order valence-corrected chi connectivity index (χ3v) is 15.2. The average molecular weight is 1020 g/mol. The Morgan fingerprint density at radius 3 is 2.01 bits per heavy atom. The Hall–Kier alpha value is -5.67. The van der Waals surface area contributed by atoms with Gasteiger partial charge in [0.15, 0.2) is 40.0 Å². The molecule has 19 nitrogen and oxygen atoms in total. The molecule has 10 rings (SSSR count). The number of nitrogens with zero attached hydrogens (tertiary/aromatic N) is 2. The number of benzene rings is 3. The van der Waals surface area contributed by atoms with Gasteiger partial charge in [-0.3, -0.25) is 15.1 Å². The van der Waals surface area contributed by atoms with Gasteiger partial charge < -0.3 is 57.2 Å². The summed E-state index contributed by atoms with van der Waals surface area (Å²) in [4.78, 5) is 60.1. The zero-order valence-electron chi connectivity index (χ0n) is 43.3. The number of aliphatic hydroxyl groups excluding tert-OH is 1. The molecule has 1 spiro atoms. The minimum absolute atomic E-state index is 0.00797. The van der Waals surface area contributed by atoms with E-state index in [0.717, 1.165) is 5.56 Å². The highest BCUT2D eigenvalue weighted by atomic mass is 32.2. The maximum Gasteiger partial charge on any atom is 0.514 e. The zero-order chi connectivity index (χ0) is 52.1. The first-order chi connectivity index (χ1) is 33.8. The third-order valence-electron chi connectivity index (χ3n) is 13.7. The van der Waals surface area contributed by atoms with Crippen molar-refractivity contribution in [3.63, 3.8) is 0 Å². The monoisotopic (exact) mass is 1020 g/mol.